The van der Waals surface area contributed by atoms with E-state index in [4.69, 9.17) is 25.8 Å². The summed E-state index contributed by atoms with van der Waals surface area (Å²) in [5.74, 6) is 2.05. The number of nitrogens with one attached hydrogen (secondary N) is 1. The highest BCUT2D eigenvalue weighted by Crippen LogP contribution is 2.37. The Bertz CT molecular complexity index is 722. The molecule has 6 heteroatoms. The van der Waals surface area contributed by atoms with Crippen LogP contribution in [0.1, 0.15) is 17.2 Å². The van der Waals surface area contributed by atoms with Gasteiger partial charge in [-0.25, -0.2) is 0 Å². The number of rotatable bonds is 9. The van der Waals surface area contributed by atoms with Crippen LogP contribution in [-0.4, -0.2) is 46.9 Å². The summed E-state index contributed by atoms with van der Waals surface area (Å²) < 4.78 is 16.0. The van der Waals surface area contributed by atoms with Gasteiger partial charge < -0.3 is 24.4 Å². The predicted octanol–water partition coefficient (Wildman–Crippen LogP) is 3.76. The molecule has 0 amide bonds. The Morgan fingerprint density at radius 3 is 2.42 bits per heavy atom. The van der Waals surface area contributed by atoms with E-state index in [1.165, 1.54) is 5.56 Å². The van der Waals surface area contributed by atoms with Crippen LogP contribution >= 0.6 is 11.6 Å². The molecule has 0 aliphatic heterocycles. The molecule has 0 aliphatic carbocycles. The minimum atomic E-state index is 0.212. The van der Waals surface area contributed by atoms with E-state index in [9.17, 15) is 0 Å². The lowest BCUT2D eigenvalue weighted by Gasteiger charge is -2.25. The van der Waals surface area contributed by atoms with Crippen LogP contribution in [0.15, 0.2) is 36.4 Å². The Hall–Kier alpha value is -1.95. The van der Waals surface area contributed by atoms with Crippen molar-refractivity contribution < 1.29 is 14.2 Å². The van der Waals surface area contributed by atoms with E-state index >= 15 is 0 Å². The summed E-state index contributed by atoms with van der Waals surface area (Å²) in [5, 5.41) is 4.06. The molecule has 0 aromatic heterocycles. The van der Waals surface area contributed by atoms with Crippen LogP contribution in [0.2, 0.25) is 5.02 Å². The van der Waals surface area contributed by atoms with E-state index in [0.29, 0.717) is 23.1 Å². The fraction of sp³-hybridized carbons (Fsp3) is 0.400. The summed E-state index contributed by atoms with van der Waals surface area (Å²) in [6, 6.07) is 12.2. The minimum absolute atomic E-state index is 0.212. The number of benzene rings is 2. The van der Waals surface area contributed by atoms with Crippen LogP contribution in [0, 0.1) is 0 Å². The summed E-state index contributed by atoms with van der Waals surface area (Å²) in [4.78, 5) is 2.18. The molecule has 1 atom stereocenters. The molecule has 0 heterocycles. The number of likely N-dealkylation sites (N-methyl/N-ethyl adjacent to an activating group) is 1. The monoisotopic (exact) mass is 378 g/mol. The van der Waals surface area contributed by atoms with Gasteiger partial charge in [-0.2, -0.15) is 0 Å². The summed E-state index contributed by atoms with van der Waals surface area (Å²) in [7, 11) is 9.00. The molecule has 26 heavy (non-hydrogen) atoms. The summed E-state index contributed by atoms with van der Waals surface area (Å²) in [6.07, 6.45) is 0. The first-order valence-corrected chi connectivity index (χ1v) is 8.80. The molecular formula is C20H27ClN2O3. The van der Waals surface area contributed by atoms with E-state index in [-0.39, 0.29) is 6.04 Å². The quantitative estimate of drug-likeness (QED) is 0.719. The van der Waals surface area contributed by atoms with Gasteiger partial charge in [0.2, 0.25) is 0 Å². The lowest BCUT2D eigenvalue weighted by Crippen LogP contribution is -2.30. The van der Waals surface area contributed by atoms with Crippen molar-refractivity contribution in [1.29, 1.82) is 0 Å². The van der Waals surface area contributed by atoms with Crippen molar-refractivity contribution >= 4 is 11.6 Å². The van der Waals surface area contributed by atoms with Gasteiger partial charge in [0, 0.05) is 19.1 Å². The highest BCUT2D eigenvalue weighted by atomic mass is 35.5. The van der Waals surface area contributed by atoms with Crippen LogP contribution in [0.5, 0.6) is 17.2 Å². The largest absolute Gasteiger partial charge is 0.497 e. The molecular weight excluding hydrogens is 352 g/mol. The molecule has 1 N–H and O–H groups in total. The highest BCUT2D eigenvalue weighted by Gasteiger charge is 2.16. The Labute approximate surface area is 160 Å². The van der Waals surface area contributed by atoms with Gasteiger partial charge in [0.05, 0.1) is 26.4 Å². The van der Waals surface area contributed by atoms with Gasteiger partial charge in [-0.15, -0.1) is 0 Å². The fourth-order valence-electron chi connectivity index (χ4n) is 2.86. The smallest absolute Gasteiger partial charge is 0.179 e. The molecule has 0 bridgehead atoms. The highest BCUT2D eigenvalue weighted by molar-refractivity contribution is 6.33. The van der Waals surface area contributed by atoms with E-state index in [0.717, 1.165) is 17.9 Å². The van der Waals surface area contributed by atoms with Crippen molar-refractivity contribution in [1.82, 2.24) is 10.2 Å². The van der Waals surface area contributed by atoms with Crippen molar-refractivity contribution in [3.8, 4) is 17.2 Å². The maximum Gasteiger partial charge on any atom is 0.179 e. The van der Waals surface area contributed by atoms with Crippen molar-refractivity contribution in [2.45, 2.75) is 12.6 Å². The zero-order valence-electron chi connectivity index (χ0n) is 16.0. The molecule has 0 radical (unpaired) electrons. The number of ether oxygens (including phenoxy) is 3. The average Bonchev–Trinajstić information content (AvgIpc) is 2.65. The Kier molecular flexibility index (Phi) is 7.57. The zero-order valence-corrected chi connectivity index (χ0v) is 16.8. The van der Waals surface area contributed by atoms with Crippen molar-refractivity contribution in [2.24, 2.45) is 0 Å². The third-order valence-electron chi connectivity index (χ3n) is 4.32. The fourth-order valence-corrected chi connectivity index (χ4v) is 3.16. The van der Waals surface area contributed by atoms with Crippen LogP contribution < -0.4 is 19.5 Å². The third-order valence-corrected chi connectivity index (χ3v) is 4.73. The van der Waals surface area contributed by atoms with Gasteiger partial charge >= 0.3 is 0 Å². The maximum absolute atomic E-state index is 6.46. The van der Waals surface area contributed by atoms with Gasteiger partial charge in [0.25, 0.3) is 0 Å². The SMILES string of the molecule is COc1cccc(C(CNCc2ccc(OC)c(OC)c2Cl)N(C)C)c1. The molecule has 5 nitrogen and oxygen atoms in total. The van der Waals surface area contributed by atoms with Crippen LogP contribution in [-0.2, 0) is 6.54 Å². The summed E-state index contributed by atoms with van der Waals surface area (Å²) in [5.41, 5.74) is 2.16. The minimum Gasteiger partial charge on any atom is -0.497 e. The van der Waals surface area contributed by atoms with Gasteiger partial charge in [0.15, 0.2) is 11.5 Å². The number of methoxy groups -OCH3 is 3. The topological polar surface area (TPSA) is 43.0 Å². The number of hydrogen-bond donors (Lipinski definition) is 1. The molecule has 142 valence electrons. The van der Waals surface area contributed by atoms with E-state index in [1.807, 2.05) is 24.3 Å². The van der Waals surface area contributed by atoms with Gasteiger partial charge in [-0.3, -0.25) is 0 Å². The molecule has 2 aromatic rings. The lowest BCUT2D eigenvalue weighted by molar-refractivity contribution is 0.287. The molecule has 1 unspecified atom stereocenters. The Balaban J connectivity index is 2.09. The lowest BCUT2D eigenvalue weighted by atomic mass is 10.1. The number of hydrogen-bond acceptors (Lipinski definition) is 5. The second kappa shape index (κ2) is 9.67. The molecule has 0 saturated carbocycles. The van der Waals surface area contributed by atoms with E-state index in [1.54, 1.807) is 21.3 Å². The summed E-state index contributed by atoms with van der Waals surface area (Å²) in [6.45, 7) is 1.40. The van der Waals surface area contributed by atoms with Crippen molar-refractivity contribution in [3.05, 3.63) is 52.5 Å². The van der Waals surface area contributed by atoms with Crippen molar-refractivity contribution in [3.63, 3.8) is 0 Å². The molecule has 2 rings (SSSR count). The molecule has 2 aromatic carbocycles. The Morgan fingerprint density at radius 2 is 1.81 bits per heavy atom. The third kappa shape index (κ3) is 4.81. The van der Waals surface area contributed by atoms with Crippen LogP contribution in [0.25, 0.3) is 0 Å². The standard InChI is InChI=1S/C20H27ClN2O3/c1-23(2)17(14-7-6-8-16(11-14)24-3)13-22-12-15-9-10-18(25-4)20(26-5)19(15)21/h6-11,17,22H,12-13H2,1-5H3. The first-order valence-electron chi connectivity index (χ1n) is 8.42. The first-order chi connectivity index (χ1) is 12.5. The zero-order chi connectivity index (χ0) is 19.1. The van der Waals surface area contributed by atoms with E-state index < -0.39 is 0 Å². The van der Waals surface area contributed by atoms with E-state index in [2.05, 4.69) is 36.4 Å². The van der Waals surface area contributed by atoms with Gasteiger partial charge in [0.1, 0.15) is 5.75 Å². The van der Waals surface area contributed by atoms with Crippen LogP contribution in [0.3, 0.4) is 0 Å². The van der Waals surface area contributed by atoms with Gasteiger partial charge in [-0.1, -0.05) is 29.8 Å². The maximum atomic E-state index is 6.46. The summed E-state index contributed by atoms with van der Waals surface area (Å²) >= 11 is 6.46. The average molecular weight is 379 g/mol. The molecule has 0 fully saturated rings. The molecule has 0 aliphatic rings. The van der Waals surface area contributed by atoms with Crippen molar-refractivity contribution in [2.75, 3.05) is 42.0 Å². The molecule has 0 spiro atoms. The number of halogens is 1. The number of nitrogens with zero attached hydrogens (tertiary/aromatic N) is 1. The normalized spacial score (nSPS) is 12.1. The second-order valence-corrected chi connectivity index (χ2v) is 6.54. The van der Waals surface area contributed by atoms with Crippen LogP contribution in [0.4, 0.5) is 0 Å². The molecule has 0 saturated heterocycles. The first kappa shape index (κ1) is 20.4. The van der Waals surface area contributed by atoms with Gasteiger partial charge in [-0.05, 0) is 43.4 Å². The second-order valence-electron chi connectivity index (χ2n) is 6.16. The predicted molar refractivity (Wildman–Crippen MR) is 106 cm³/mol. The Morgan fingerprint density at radius 1 is 1.04 bits per heavy atom.